The fourth-order valence-electron chi connectivity index (χ4n) is 5.26. The van der Waals surface area contributed by atoms with Crippen LogP contribution in [0.3, 0.4) is 0 Å². The van der Waals surface area contributed by atoms with Gasteiger partial charge in [-0.2, -0.15) is 0 Å². The first-order valence-electron chi connectivity index (χ1n) is 13.6. The van der Waals surface area contributed by atoms with E-state index in [1.165, 1.54) is 32.2 Å². The van der Waals surface area contributed by atoms with Gasteiger partial charge in [0.2, 0.25) is 0 Å². The third-order valence-corrected chi connectivity index (χ3v) is 7.56. The fourth-order valence-corrected chi connectivity index (χ4v) is 5.26. The van der Waals surface area contributed by atoms with Crippen LogP contribution in [0.2, 0.25) is 0 Å². The Morgan fingerprint density at radius 3 is 2.50 bits per heavy atom. The number of carbonyl (C=O) groups is 2. The number of benzene rings is 2. The van der Waals surface area contributed by atoms with Gasteiger partial charge >= 0.3 is 11.7 Å². The number of halogens is 2. The lowest BCUT2D eigenvalue weighted by molar-refractivity contribution is 0.0908. The SMILES string of the molecule is Cc1ccc(F)c(C(=O)N[C@@H]2CCCN(C(=O)Nc3cc4c(=O)n(CC5CC5)c(=O)n(C(C)C)c4cc3F)C2)c1. The van der Waals surface area contributed by atoms with Crippen molar-refractivity contribution in [3.63, 3.8) is 0 Å². The highest BCUT2D eigenvalue weighted by atomic mass is 19.1. The number of rotatable bonds is 6. The number of aryl methyl sites for hydroxylation is 1. The van der Waals surface area contributed by atoms with Crippen molar-refractivity contribution in [1.82, 2.24) is 19.4 Å². The van der Waals surface area contributed by atoms with E-state index >= 15 is 4.39 Å². The highest BCUT2D eigenvalue weighted by Crippen LogP contribution is 2.30. The third-order valence-electron chi connectivity index (χ3n) is 7.56. The standard InChI is InChI=1S/C29H33F2N5O4/c1-16(2)36-25-13-23(31)24(12-21(25)27(38)35(29(36)40)14-18-7-8-18)33-28(39)34-10-4-5-19(15-34)32-26(37)20-11-17(3)6-9-22(20)30/h6,9,11-13,16,18-19H,4-5,7-8,10,14-15H2,1-3H3,(H,32,37)(H,33,39)/t19-/m1/s1. The molecule has 3 aromatic rings. The van der Waals surface area contributed by atoms with Crippen molar-refractivity contribution in [2.24, 2.45) is 5.92 Å². The summed E-state index contributed by atoms with van der Waals surface area (Å²) in [5.41, 5.74) is -0.289. The highest BCUT2D eigenvalue weighted by Gasteiger charge is 2.28. The summed E-state index contributed by atoms with van der Waals surface area (Å²) in [6.07, 6.45) is 3.09. The van der Waals surface area contributed by atoms with Crippen molar-refractivity contribution >= 4 is 28.5 Å². The number of aromatic nitrogens is 2. The highest BCUT2D eigenvalue weighted by molar-refractivity contribution is 5.95. The summed E-state index contributed by atoms with van der Waals surface area (Å²) in [6.45, 7) is 6.19. The molecule has 2 aliphatic rings. The average molecular weight is 554 g/mol. The molecule has 2 N–H and O–H groups in total. The van der Waals surface area contributed by atoms with Gasteiger partial charge in [0.15, 0.2) is 0 Å². The Kier molecular flexibility index (Phi) is 7.48. The van der Waals surface area contributed by atoms with Gasteiger partial charge in [0.1, 0.15) is 11.6 Å². The van der Waals surface area contributed by atoms with Crippen LogP contribution in [-0.2, 0) is 6.54 Å². The molecule has 9 nitrogen and oxygen atoms in total. The monoisotopic (exact) mass is 553 g/mol. The van der Waals surface area contributed by atoms with Gasteiger partial charge in [-0.15, -0.1) is 0 Å². The Morgan fingerprint density at radius 2 is 1.80 bits per heavy atom. The van der Waals surface area contributed by atoms with Crippen molar-refractivity contribution in [3.8, 4) is 0 Å². The molecule has 1 aliphatic heterocycles. The van der Waals surface area contributed by atoms with E-state index in [1.807, 2.05) is 0 Å². The minimum Gasteiger partial charge on any atom is -0.347 e. The van der Waals surface area contributed by atoms with Crippen molar-refractivity contribution in [1.29, 1.82) is 0 Å². The van der Waals surface area contributed by atoms with Gasteiger partial charge in [-0.05, 0) is 70.6 Å². The Labute approximate surface area is 229 Å². The molecular weight excluding hydrogens is 520 g/mol. The summed E-state index contributed by atoms with van der Waals surface area (Å²) in [4.78, 5) is 53.6. The molecule has 2 fully saturated rings. The first-order chi connectivity index (χ1) is 19.0. The minimum atomic E-state index is -0.772. The smallest absolute Gasteiger partial charge is 0.331 e. The van der Waals surface area contributed by atoms with Gasteiger partial charge in [-0.25, -0.2) is 18.4 Å². The summed E-state index contributed by atoms with van der Waals surface area (Å²) >= 11 is 0. The number of anilines is 1. The van der Waals surface area contributed by atoms with Gasteiger partial charge in [-0.3, -0.25) is 18.7 Å². The predicted octanol–water partition coefficient (Wildman–Crippen LogP) is 4.17. The van der Waals surface area contributed by atoms with Crippen molar-refractivity contribution in [3.05, 3.63) is 73.9 Å². The zero-order valence-electron chi connectivity index (χ0n) is 22.8. The number of carbonyl (C=O) groups excluding carboxylic acids is 2. The molecule has 11 heteroatoms. The summed E-state index contributed by atoms with van der Waals surface area (Å²) in [5.74, 6) is -1.68. The van der Waals surface area contributed by atoms with Crippen LogP contribution in [0.5, 0.6) is 0 Å². The lowest BCUT2D eigenvalue weighted by atomic mass is 10.0. The number of nitrogens with zero attached hydrogens (tertiary/aromatic N) is 3. The van der Waals surface area contributed by atoms with Crippen LogP contribution in [0.1, 0.15) is 61.5 Å². The number of hydrogen-bond acceptors (Lipinski definition) is 4. The maximum absolute atomic E-state index is 15.2. The zero-order valence-corrected chi connectivity index (χ0v) is 22.8. The first kappa shape index (κ1) is 27.5. The molecule has 212 valence electrons. The predicted molar refractivity (Wildman–Crippen MR) is 148 cm³/mol. The molecule has 2 heterocycles. The van der Waals surface area contributed by atoms with Gasteiger partial charge < -0.3 is 15.5 Å². The third kappa shape index (κ3) is 5.50. The lowest BCUT2D eigenvalue weighted by Gasteiger charge is -2.33. The molecule has 40 heavy (non-hydrogen) atoms. The van der Waals surface area contributed by atoms with Crippen LogP contribution in [0, 0.1) is 24.5 Å². The molecule has 0 bridgehead atoms. The summed E-state index contributed by atoms with van der Waals surface area (Å²) in [5, 5.41) is 5.50. The van der Waals surface area contributed by atoms with Crippen LogP contribution in [0.15, 0.2) is 39.9 Å². The normalized spacial score (nSPS) is 17.4. The zero-order chi connectivity index (χ0) is 28.7. The Bertz CT molecular complexity index is 1610. The van der Waals surface area contributed by atoms with Gasteiger partial charge in [0, 0.05) is 37.8 Å². The molecule has 1 saturated heterocycles. The largest absolute Gasteiger partial charge is 0.347 e. The number of nitrogens with one attached hydrogen (secondary N) is 2. The molecule has 0 radical (unpaired) electrons. The molecule has 5 rings (SSSR count). The molecule has 0 spiro atoms. The second-order valence-electron chi connectivity index (χ2n) is 11.1. The van der Waals surface area contributed by atoms with E-state index in [2.05, 4.69) is 10.6 Å². The minimum absolute atomic E-state index is 0.0629. The molecule has 1 atom stereocenters. The van der Waals surface area contributed by atoms with Gasteiger partial charge in [-0.1, -0.05) is 11.6 Å². The topological polar surface area (TPSA) is 105 Å². The van der Waals surface area contributed by atoms with E-state index in [0.29, 0.717) is 25.9 Å². The summed E-state index contributed by atoms with van der Waals surface area (Å²) in [7, 11) is 0. The molecule has 0 unspecified atom stereocenters. The number of hydrogen-bond donors (Lipinski definition) is 2. The Hall–Kier alpha value is -4.02. The molecule has 1 aliphatic carbocycles. The van der Waals surface area contributed by atoms with Crippen LogP contribution in [-0.4, -0.2) is 45.1 Å². The van der Waals surface area contributed by atoms with E-state index in [0.717, 1.165) is 24.5 Å². The molecule has 1 aromatic heterocycles. The molecule has 3 amide bonds. The van der Waals surface area contributed by atoms with Crippen LogP contribution in [0.4, 0.5) is 19.3 Å². The number of amides is 3. The van der Waals surface area contributed by atoms with Gasteiger partial charge in [0.05, 0.1) is 22.2 Å². The van der Waals surface area contributed by atoms with Crippen molar-refractivity contribution < 1.29 is 18.4 Å². The fraction of sp³-hybridized carbons (Fsp3) is 0.448. The van der Waals surface area contributed by atoms with E-state index in [-0.39, 0.29) is 40.7 Å². The number of fused-ring (bicyclic) bond motifs is 1. The van der Waals surface area contributed by atoms with Crippen LogP contribution in [0.25, 0.3) is 10.9 Å². The van der Waals surface area contributed by atoms with E-state index in [4.69, 9.17) is 0 Å². The number of urea groups is 1. The van der Waals surface area contributed by atoms with E-state index < -0.39 is 40.9 Å². The lowest BCUT2D eigenvalue weighted by Crippen LogP contribution is -2.50. The second-order valence-corrected chi connectivity index (χ2v) is 11.1. The molecule has 1 saturated carbocycles. The van der Waals surface area contributed by atoms with Crippen molar-refractivity contribution in [2.75, 3.05) is 18.4 Å². The summed E-state index contributed by atoms with van der Waals surface area (Å²) < 4.78 is 32.0. The van der Waals surface area contributed by atoms with Gasteiger partial charge in [0.25, 0.3) is 11.5 Å². The number of piperidine rings is 1. The van der Waals surface area contributed by atoms with E-state index in [1.54, 1.807) is 26.8 Å². The molecular formula is C29H33F2N5O4. The quantitative estimate of drug-likeness (QED) is 0.478. The van der Waals surface area contributed by atoms with E-state index in [9.17, 15) is 23.6 Å². The second kappa shape index (κ2) is 10.9. The number of likely N-dealkylation sites (tertiary alicyclic amines) is 1. The summed E-state index contributed by atoms with van der Waals surface area (Å²) in [6, 6.07) is 5.38. The molecule has 2 aromatic carbocycles. The van der Waals surface area contributed by atoms with Crippen molar-refractivity contribution in [2.45, 2.75) is 65.1 Å². The van der Waals surface area contributed by atoms with Crippen LogP contribution >= 0.6 is 0 Å². The Morgan fingerprint density at radius 1 is 1.05 bits per heavy atom. The Balaban J connectivity index is 1.36. The first-order valence-corrected chi connectivity index (χ1v) is 13.6. The maximum atomic E-state index is 15.2. The average Bonchev–Trinajstić information content (AvgIpc) is 3.73. The van der Waals surface area contributed by atoms with Crippen LogP contribution < -0.4 is 21.9 Å². The maximum Gasteiger partial charge on any atom is 0.331 e.